The van der Waals surface area contributed by atoms with E-state index in [1.807, 2.05) is 0 Å². The number of nitro groups is 1. The van der Waals surface area contributed by atoms with Gasteiger partial charge in [-0.2, -0.15) is 0 Å². The molecule has 0 unspecified atom stereocenters. The number of hydrogen-bond donors (Lipinski definition) is 1. The summed E-state index contributed by atoms with van der Waals surface area (Å²) in [5.74, 6) is 3.32. The van der Waals surface area contributed by atoms with Crippen LogP contribution in [0.4, 0.5) is 11.4 Å². The summed E-state index contributed by atoms with van der Waals surface area (Å²) in [5.41, 5.74) is -0.336. The van der Waals surface area contributed by atoms with E-state index in [0.717, 1.165) is 30.2 Å². The van der Waals surface area contributed by atoms with Crippen molar-refractivity contribution in [2.45, 2.75) is 19.4 Å². The van der Waals surface area contributed by atoms with Gasteiger partial charge in [0.2, 0.25) is 0 Å². The lowest BCUT2D eigenvalue weighted by molar-refractivity contribution is -0.384. The number of nitrogens with zero attached hydrogens (tertiary/aromatic N) is 2. The number of phenols is 1. The lowest BCUT2D eigenvalue weighted by Gasteiger charge is -2.28. The van der Waals surface area contributed by atoms with Crippen LogP contribution in [0.3, 0.4) is 0 Å². The minimum absolute atomic E-state index is 0.0123. The summed E-state index contributed by atoms with van der Waals surface area (Å²) < 4.78 is 4.78. The van der Waals surface area contributed by atoms with E-state index < -0.39 is 28.6 Å². The first-order valence-electron chi connectivity index (χ1n) is 8.53. The number of phenolic OH excluding ortho intramolecular Hbond substituents is 1. The Morgan fingerprint density at radius 2 is 1.83 bits per heavy atom. The number of anilines is 1. The van der Waals surface area contributed by atoms with Crippen LogP contribution in [0.2, 0.25) is 10.0 Å². The molecule has 2 aromatic carbocycles. The molecule has 0 fully saturated rings. The smallest absolute Gasteiger partial charge is 0.341 e. The molecule has 0 aromatic heterocycles. The van der Waals surface area contributed by atoms with Crippen molar-refractivity contribution in [3.05, 3.63) is 62.1 Å². The van der Waals surface area contributed by atoms with Crippen LogP contribution in [0, 0.1) is 22.0 Å². The van der Waals surface area contributed by atoms with Gasteiger partial charge in [-0.05, 0) is 18.2 Å². The molecule has 1 atom stereocenters. The van der Waals surface area contributed by atoms with Gasteiger partial charge in [-0.3, -0.25) is 19.8 Å². The van der Waals surface area contributed by atoms with E-state index in [1.54, 1.807) is 6.92 Å². The van der Waals surface area contributed by atoms with Gasteiger partial charge in [0, 0.05) is 30.2 Å². The maximum Gasteiger partial charge on any atom is 0.341 e. The highest BCUT2D eigenvalue weighted by atomic mass is 35.5. The molecule has 0 aliphatic heterocycles. The fourth-order valence-electron chi connectivity index (χ4n) is 2.49. The van der Waals surface area contributed by atoms with Gasteiger partial charge < -0.3 is 9.84 Å². The van der Waals surface area contributed by atoms with Crippen molar-refractivity contribution < 1.29 is 24.4 Å². The number of carbonyl (C=O) groups is 2. The first-order chi connectivity index (χ1) is 14.2. The number of nitro benzene ring substituents is 1. The second-order valence-corrected chi connectivity index (χ2v) is 6.65. The zero-order valence-corrected chi connectivity index (χ0v) is 17.4. The number of amides is 1. The van der Waals surface area contributed by atoms with Crippen LogP contribution in [-0.2, 0) is 9.53 Å². The second-order valence-electron chi connectivity index (χ2n) is 5.83. The second kappa shape index (κ2) is 9.96. The summed E-state index contributed by atoms with van der Waals surface area (Å²) in [6.07, 6.45) is 0.389. The summed E-state index contributed by atoms with van der Waals surface area (Å²) in [6.45, 7) is 1.75. The van der Waals surface area contributed by atoms with Crippen molar-refractivity contribution >= 4 is 46.5 Å². The highest BCUT2D eigenvalue weighted by Crippen LogP contribution is 2.37. The summed E-state index contributed by atoms with van der Waals surface area (Å²) in [6, 6.07) is 5.66. The Morgan fingerprint density at radius 1 is 1.23 bits per heavy atom. The third-order valence-electron chi connectivity index (χ3n) is 3.92. The molecule has 0 heterocycles. The summed E-state index contributed by atoms with van der Waals surface area (Å²) >= 11 is 12.0. The molecule has 0 spiro atoms. The van der Waals surface area contributed by atoms with Crippen LogP contribution in [-0.4, -0.2) is 35.1 Å². The SMILES string of the molecule is CCC#C[C@H](C(=O)OC)N(C(=O)c1ccc([N+](=O)[O-])cc1)c1cc(Cl)c(Cl)cc1O. The van der Waals surface area contributed by atoms with Gasteiger partial charge >= 0.3 is 5.97 Å². The summed E-state index contributed by atoms with van der Waals surface area (Å²) in [7, 11) is 1.13. The largest absolute Gasteiger partial charge is 0.506 e. The van der Waals surface area contributed by atoms with Gasteiger partial charge in [-0.15, -0.1) is 5.92 Å². The predicted molar refractivity (Wildman–Crippen MR) is 112 cm³/mol. The number of non-ortho nitro benzene ring substituents is 1. The zero-order valence-electron chi connectivity index (χ0n) is 15.9. The van der Waals surface area contributed by atoms with Crippen LogP contribution < -0.4 is 4.90 Å². The molecule has 10 heteroatoms. The quantitative estimate of drug-likeness (QED) is 0.316. The van der Waals surface area contributed by atoms with Crippen LogP contribution in [0.15, 0.2) is 36.4 Å². The van der Waals surface area contributed by atoms with E-state index in [2.05, 4.69) is 11.8 Å². The number of methoxy groups -OCH3 is 1. The van der Waals surface area contributed by atoms with Gasteiger partial charge in [-0.25, -0.2) is 4.79 Å². The molecule has 156 valence electrons. The van der Waals surface area contributed by atoms with Gasteiger partial charge in [0.1, 0.15) is 5.75 Å². The van der Waals surface area contributed by atoms with Crippen LogP contribution in [0.1, 0.15) is 23.7 Å². The topological polar surface area (TPSA) is 110 Å². The summed E-state index contributed by atoms with van der Waals surface area (Å²) in [5, 5.41) is 21.3. The van der Waals surface area contributed by atoms with E-state index in [0.29, 0.717) is 6.42 Å². The Morgan fingerprint density at radius 3 is 2.37 bits per heavy atom. The molecule has 1 amide bonds. The van der Waals surface area contributed by atoms with Gasteiger partial charge in [0.25, 0.3) is 11.6 Å². The molecule has 8 nitrogen and oxygen atoms in total. The van der Waals surface area contributed by atoms with Gasteiger partial charge in [-0.1, -0.05) is 36.0 Å². The molecule has 0 saturated carbocycles. The van der Waals surface area contributed by atoms with Gasteiger partial charge in [0.15, 0.2) is 6.04 Å². The third-order valence-corrected chi connectivity index (χ3v) is 4.64. The van der Waals surface area contributed by atoms with E-state index in [4.69, 9.17) is 27.9 Å². The number of benzene rings is 2. The number of rotatable bonds is 5. The number of carbonyl (C=O) groups excluding carboxylic acids is 2. The molecule has 0 radical (unpaired) electrons. The van der Waals surface area contributed by atoms with E-state index in [-0.39, 0.29) is 27.0 Å². The van der Waals surface area contributed by atoms with Crippen LogP contribution >= 0.6 is 23.2 Å². The highest BCUT2D eigenvalue weighted by molar-refractivity contribution is 6.42. The first kappa shape index (κ1) is 23.0. The number of hydrogen-bond acceptors (Lipinski definition) is 6. The highest BCUT2D eigenvalue weighted by Gasteiger charge is 2.34. The van der Waals surface area contributed by atoms with Crippen molar-refractivity contribution in [3.63, 3.8) is 0 Å². The average molecular weight is 451 g/mol. The number of esters is 1. The lowest BCUT2D eigenvalue weighted by Crippen LogP contribution is -2.45. The summed E-state index contributed by atoms with van der Waals surface area (Å²) in [4.78, 5) is 36.9. The number of ether oxygens (including phenoxy) is 1. The molecule has 0 aliphatic rings. The molecule has 2 rings (SSSR count). The minimum Gasteiger partial charge on any atom is -0.506 e. The Labute approximate surface area is 182 Å². The molecule has 0 bridgehead atoms. The van der Waals surface area contributed by atoms with Gasteiger partial charge in [0.05, 0.1) is 27.8 Å². The number of aromatic hydroxyl groups is 1. The predicted octanol–water partition coefficient (Wildman–Crippen LogP) is 4.21. The van der Waals surface area contributed by atoms with Crippen LogP contribution in [0.25, 0.3) is 0 Å². The maximum absolute atomic E-state index is 13.3. The van der Waals surface area contributed by atoms with Crippen molar-refractivity contribution in [1.29, 1.82) is 0 Å². The molecular weight excluding hydrogens is 435 g/mol. The van der Waals surface area contributed by atoms with Crippen LogP contribution in [0.5, 0.6) is 5.75 Å². The third kappa shape index (κ3) is 5.00. The van der Waals surface area contributed by atoms with Crippen molar-refractivity contribution in [2.24, 2.45) is 0 Å². The maximum atomic E-state index is 13.3. The molecular formula is C20H16Cl2N2O6. The Balaban J connectivity index is 2.68. The normalized spacial score (nSPS) is 11.1. The molecule has 0 aliphatic carbocycles. The van der Waals surface area contributed by atoms with E-state index in [9.17, 15) is 24.8 Å². The monoisotopic (exact) mass is 450 g/mol. The Bertz CT molecular complexity index is 1040. The van der Waals surface area contributed by atoms with Crippen molar-refractivity contribution in [2.75, 3.05) is 12.0 Å². The fourth-order valence-corrected chi connectivity index (χ4v) is 2.80. The molecule has 30 heavy (non-hydrogen) atoms. The van der Waals surface area contributed by atoms with Crippen molar-refractivity contribution in [1.82, 2.24) is 0 Å². The van der Waals surface area contributed by atoms with E-state index >= 15 is 0 Å². The Hall–Kier alpha value is -3.28. The number of halogens is 2. The van der Waals surface area contributed by atoms with Crippen molar-refractivity contribution in [3.8, 4) is 17.6 Å². The Kier molecular flexibility index (Phi) is 7.64. The standard InChI is InChI=1S/C20H16Cl2N2O6/c1-3-4-5-16(20(27)30-2)23(17-10-14(21)15(22)11-18(17)25)19(26)12-6-8-13(9-7-12)24(28)29/h6-11,16,25H,3H2,1-2H3/t16-/m1/s1. The molecule has 1 N–H and O–H groups in total. The lowest BCUT2D eigenvalue weighted by atomic mass is 10.1. The zero-order chi connectivity index (χ0) is 22.4. The minimum atomic E-state index is -1.42. The first-order valence-corrected chi connectivity index (χ1v) is 9.29. The molecule has 0 saturated heterocycles. The molecule has 2 aromatic rings. The fraction of sp³-hybridized carbons (Fsp3) is 0.200. The average Bonchev–Trinajstić information content (AvgIpc) is 2.73. The van der Waals surface area contributed by atoms with E-state index in [1.165, 1.54) is 18.2 Å².